The Morgan fingerprint density at radius 3 is 2.14 bits per heavy atom. The number of ether oxygens (including phenoxy) is 3. The molecule has 0 aromatic carbocycles. The molecule has 4 fully saturated rings. The third kappa shape index (κ3) is 9.03. The Morgan fingerprint density at radius 1 is 0.944 bits per heavy atom. The van der Waals surface area contributed by atoms with Crippen LogP contribution in [0.4, 0.5) is 0 Å². The number of hydrogen-bond donors (Lipinski definition) is 2. The van der Waals surface area contributed by atoms with Crippen LogP contribution in [0.1, 0.15) is 97.8 Å². The quantitative estimate of drug-likeness (QED) is 0.259. The Labute approximate surface area is 222 Å². The number of aliphatic hydroxyl groups excluding tert-OH is 1. The zero-order valence-corrected chi connectivity index (χ0v) is 24.8. The van der Waals surface area contributed by atoms with Crippen LogP contribution in [0.3, 0.4) is 0 Å². The number of nitrogens with one attached hydrogen (secondary N) is 1. The lowest BCUT2D eigenvalue weighted by atomic mass is 9.60. The molecule has 0 bridgehead atoms. The van der Waals surface area contributed by atoms with Crippen LogP contribution in [-0.2, 0) is 18.6 Å². The summed E-state index contributed by atoms with van der Waals surface area (Å²) in [6, 6.07) is 1.77. The highest BCUT2D eigenvalue weighted by Gasteiger charge is 2.41. The van der Waals surface area contributed by atoms with Gasteiger partial charge in [-0.1, -0.05) is 27.2 Å². The summed E-state index contributed by atoms with van der Waals surface area (Å²) in [5.41, 5.74) is 0.388. The van der Waals surface area contributed by atoms with Crippen molar-refractivity contribution in [2.24, 2.45) is 17.3 Å². The van der Waals surface area contributed by atoms with E-state index in [9.17, 15) is 5.11 Å². The molecule has 2 saturated carbocycles. The van der Waals surface area contributed by atoms with Crippen molar-refractivity contribution in [2.45, 2.75) is 140 Å². The van der Waals surface area contributed by atoms with E-state index >= 15 is 0 Å². The fraction of sp³-hybridized carbons (Fsp3) is 1.00. The van der Waals surface area contributed by atoms with Gasteiger partial charge in [0.25, 0.3) is 0 Å². The number of epoxide rings is 1. The molecule has 4 aliphatic rings. The first-order chi connectivity index (χ1) is 17.4. The second kappa shape index (κ2) is 14.4. The standard InChI is InChI=1S/C29H55NO5Si/c1-4-23(16-27-6-5-15-36-35-27)30-17-24(31)18-32-25-11-7-21(8-12-25)29(2,3)22-9-13-26(14-10-22)33-19-28-20-34-28/h21-28,30-31H,4-20,36H2,1-3H3. The van der Waals surface area contributed by atoms with E-state index in [1.807, 2.05) is 0 Å². The van der Waals surface area contributed by atoms with Crippen molar-refractivity contribution in [1.82, 2.24) is 5.32 Å². The Bertz CT molecular complexity index is 611. The van der Waals surface area contributed by atoms with Gasteiger partial charge in [0.05, 0.1) is 38.1 Å². The minimum atomic E-state index is -0.432. The summed E-state index contributed by atoms with van der Waals surface area (Å²) in [7, 11) is -0.269. The Hall–Kier alpha value is -0.0231. The fourth-order valence-corrected chi connectivity index (χ4v) is 8.30. The minimum Gasteiger partial charge on any atom is -0.421 e. The summed E-state index contributed by atoms with van der Waals surface area (Å²) < 4.78 is 23.6. The molecular formula is C29H55NO5Si. The molecule has 2 N–H and O–H groups in total. The van der Waals surface area contributed by atoms with Gasteiger partial charge in [-0.2, -0.15) is 0 Å². The molecule has 4 unspecified atom stereocenters. The normalized spacial score (nSPS) is 36.0. The van der Waals surface area contributed by atoms with Crippen molar-refractivity contribution in [3.05, 3.63) is 0 Å². The monoisotopic (exact) mass is 525 g/mol. The molecule has 2 heterocycles. The van der Waals surface area contributed by atoms with Crippen LogP contribution in [0.25, 0.3) is 0 Å². The Kier molecular flexibility index (Phi) is 11.6. The van der Waals surface area contributed by atoms with Crippen LogP contribution in [-0.4, -0.2) is 77.8 Å². The SMILES string of the molecule is CCC(CC1CCC[SiH2]O1)NCC(O)COC1CCC(C(C)(C)C2CCC(OCC3CO3)CC2)CC1. The molecule has 0 amide bonds. The van der Waals surface area contributed by atoms with Crippen LogP contribution in [0, 0.1) is 17.3 Å². The largest absolute Gasteiger partial charge is 0.421 e. The van der Waals surface area contributed by atoms with Crippen LogP contribution >= 0.6 is 0 Å². The van der Waals surface area contributed by atoms with E-state index in [4.69, 9.17) is 18.6 Å². The molecule has 0 aromatic heterocycles. The van der Waals surface area contributed by atoms with Gasteiger partial charge >= 0.3 is 0 Å². The molecule has 2 saturated heterocycles. The number of rotatable bonds is 14. The highest BCUT2D eigenvalue weighted by atomic mass is 28.2. The van der Waals surface area contributed by atoms with Gasteiger partial charge in [-0.05, 0) is 93.9 Å². The smallest absolute Gasteiger partial charge is 0.161 e. The third-order valence-electron chi connectivity index (χ3n) is 9.85. The molecule has 2 aliphatic carbocycles. The molecule has 4 rings (SSSR count). The van der Waals surface area contributed by atoms with E-state index in [0.29, 0.717) is 49.0 Å². The van der Waals surface area contributed by atoms with Crippen molar-refractivity contribution >= 4 is 9.76 Å². The van der Waals surface area contributed by atoms with Crippen molar-refractivity contribution < 1.29 is 23.7 Å². The van der Waals surface area contributed by atoms with Crippen LogP contribution in [0.15, 0.2) is 0 Å². The highest BCUT2D eigenvalue weighted by Crippen LogP contribution is 2.49. The maximum absolute atomic E-state index is 10.5. The van der Waals surface area contributed by atoms with Gasteiger partial charge in [-0.3, -0.25) is 0 Å². The highest BCUT2D eigenvalue weighted by molar-refractivity contribution is 6.27. The van der Waals surface area contributed by atoms with Gasteiger partial charge in [0, 0.05) is 18.7 Å². The molecule has 0 spiro atoms. The van der Waals surface area contributed by atoms with Crippen molar-refractivity contribution in [2.75, 3.05) is 26.4 Å². The maximum Gasteiger partial charge on any atom is 0.161 e. The predicted molar refractivity (Wildman–Crippen MR) is 147 cm³/mol. The maximum atomic E-state index is 10.5. The lowest BCUT2D eigenvalue weighted by Gasteiger charge is -2.46. The summed E-state index contributed by atoms with van der Waals surface area (Å²) in [6.07, 6.45) is 15.7. The zero-order chi connectivity index (χ0) is 25.4. The summed E-state index contributed by atoms with van der Waals surface area (Å²) in [4.78, 5) is 0. The number of hydrogen-bond acceptors (Lipinski definition) is 6. The first-order valence-electron chi connectivity index (χ1n) is 15.3. The van der Waals surface area contributed by atoms with Crippen molar-refractivity contribution in [3.63, 3.8) is 0 Å². The Morgan fingerprint density at radius 2 is 1.58 bits per heavy atom. The van der Waals surface area contributed by atoms with Gasteiger partial charge in [0.2, 0.25) is 0 Å². The second-order valence-electron chi connectivity index (χ2n) is 12.8. The first kappa shape index (κ1) is 29.0. The van der Waals surface area contributed by atoms with Crippen LogP contribution < -0.4 is 5.32 Å². The van der Waals surface area contributed by atoms with Gasteiger partial charge in [0.15, 0.2) is 9.76 Å². The first-order valence-corrected chi connectivity index (χ1v) is 16.9. The predicted octanol–water partition coefficient (Wildman–Crippen LogP) is 4.36. The average Bonchev–Trinajstić information content (AvgIpc) is 3.74. The van der Waals surface area contributed by atoms with Crippen LogP contribution in [0.2, 0.25) is 6.04 Å². The van der Waals surface area contributed by atoms with E-state index in [-0.39, 0.29) is 9.76 Å². The zero-order valence-electron chi connectivity index (χ0n) is 23.4. The van der Waals surface area contributed by atoms with E-state index in [1.165, 1.54) is 57.4 Å². The minimum absolute atomic E-state index is 0.269. The fourth-order valence-electron chi connectivity index (χ4n) is 7.00. The summed E-state index contributed by atoms with van der Waals surface area (Å²) in [6.45, 7) is 10.0. The van der Waals surface area contributed by atoms with Gasteiger partial charge in [0.1, 0.15) is 6.10 Å². The van der Waals surface area contributed by atoms with Gasteiger partial charge < -0.3 is 29.1 Å². The molecule has 0 radical (unpaired) electrons. The average molecular weight is 526 g/mol. The number of aliphatic hydroxyl groups is 1. The molecule has 0 aromatic rings. The molecule has 6 nitrogen and oxygen atoms in total. The van der Waals surface area contributed by atoms with Crippen LogP contribution in [0.5, 0.6) is 0 Å². The summed E-state index contributed by atoms with van der Waals surface area (Å²) in [5, 5.41) is 14.1. The van der Waals surface area contributed by atoms with Crippen molar-refractivity contribution in [3.8, 4) is 0 Å². The molecule has 210 valence electrons. The molecule has 2 aliphatic heterocycles. The van der Waals surface area contributed by atoms with Gasteiger partial charge in [-0.15, -0.1) is 0 Å². The van der Waals surface area contributed by atoms with E-state index in [2.05, 4.69) is 26.1 Å². The summed E-state index contributed by atoms with van der Waals surface area (Å²) >= 11 is 0. The van der Waals surface area contributed by atoms with E-state index in [1.54, 1.807) is 0 Å². The molecule has 4 atom stereocenters. The molecular weight excluding hydrogens is 470 g/mol. The molecule has 7 heteroatoms. The van der Waals surface area contributed by atoms with Crippen molar-refractivity contribution in [1.29, 1.82) is 0 Å². The summed E-state index contributed by atoms with van der Waals surface area (Å²) in [5.74, 6) is 1.58. The molecule has 36 heavy (non-hydrogen) atoms. The lowest BCUT2D eigenvalue weighted by Crippen LogP contribution is -2.41. The second-order valence-corrected chi connectivity index (χ2v) is 14.2. The third-order valence-corrected chi connectivity index (χ3v) is 11.3. The van der Waals surface area contributed by atoms with Gasteiger partial charge in [-0.25, -0.2) is 0 Å². The Balaban J connectivity index is 1.08. The van der Waals surface area contributed by atoms with E-state index < -0.39 is 6.10 Å². The lowest BCUT2D eigenvalue weighted by molar-refractivity contribution is -0.0530. The topological polar surface area (TPSA) is 72.5 Å². The van der Waals surface area contributed by atoms with E-state index in [0.717, 1.165) is 50.7 Å².